The third-order valence-corrected chi connectivity index (χ3v) is 3.36. The molecule has 1 N–H and O–H groups in total. The van der Waals surface area contributed by atoms with Gasteiger partial charge in [0.1, 0.15) is 6.54 Å². The quantitative estimate of drug-likeness (QED) is 0.779. The smallest absolute Gasteiger partial charge is 0.103 e. The molecule has 1 aromatic carbocycles. The molecule has 1 aromatic rings. The number of hydrogen-bond donors (Lipinski definition) is 1. The Hall–Kier alpha value is -1.49. The number of hydrogen-bond acceptors (Lipinski definition) is 2. The number of anilines is 1. The highest BCUT2D eigenvalue weighted by atomic mass is 14.9. The molecule has 0 aliphatic heterocycles. The van der Waals surface area contributed by atoms with Gasteiger partial charge in [-0.1, -0.05) is 31.4 Å². The van der Waals surface area contributed by atoms with Gasteiger partial charge in [0.2, 0.25) is 0 Å². The minimum atomic E-state index is 0.378. The molecular weight excluding hydrogens is 196 g/mol. The van der Waals surface area contributed by atoms with Crippen LogP contribution in [0.25, 0.3) is 0 Å². The highest BCUT2D eigenvalue weighted by Gasteiger charge is 2.14. The SMILES string of the molecule is N#CCNc1ccc(C2CCCCC2)cc1. The Kier molecular flexibility index (Phi) is 3.82. The summed E-state index contributed by atoms with van der Waals surface area (Å²) in [6.45, 7) is 0.378. The molecule has 2 nitrogen and oxygen atoms in total. The molecule has 1 fully saturated rings. The van der Waals surface area contributed by atoms with Crippen LogP contribution >= 0.6 is 0 Å². The molecular formula is C14H18N2. The Morgan fingerprint density at radius 3 is 2.44 bits per heavy atom. The van der Waals surface area contributed by atoms with Gasteiger partial charge in [-0.3, -0.25) is 0 Å². The van der Waals surface area contributed by atoms with Gasteiger partial charge >= 0.3 is 0 Å². The zero-order valence-electron chi connectivity index (χ0n) is 9.58. The fourth-order valence-corrected chi connectivity index (χ4v) is 2.45. The van der Waals surface area contributed by atoms with Crippen molar-refractivity contribution in [2.45, 2.75) is 38.0 Å². The van der Waals surface area contributed by atoms with Crippen LogP contribution in [-0.2, 0) is 0 Å². The van der Waals surface area contributed by atoms with Crippen LogP contribution in [0.4, 0.5) is 5.69 Å². The van der Waals surface area contributed by atoms with E-state index in [4.69, 9.17) is 5.26 Å². The Labute approximate surface area is 97.3 Å². The molecule has 0 saturated heterocycles. The van der Waals surface area contributed by atoms with Gasteiger partial charge < -0.3 is 5.32 Å². The normalized spacial score (nSPS) is 16.7. The molecule has 1 aliphatic rings. The lowest BCUT2D eigenvalue weighted by atomic mass is 9.84. The third-order valence-electron chi connectivity index (χ3n) is 3.36. The Bertz CT molecular complexity index is 355. The third kappa shape index (κ3) is 2.76. The van der Waals surface area contributed by atoms with Gasteiger partial charge in [-0.2, -0.15) is 5.26 Å². The molecule has 84 valence electrons. The molecule has 1 saturated carbocycles. The van der Waals surface area contributed by atoms with Crippen LogP contribution in [0.15, 0.2) is 24.3 Å². The summed E-state index contributed by atoms with van der Waals surface area (Å²) in [7, 11) is 0. The minimum Gasteiger partial charge on any atom is -0.372 e. The van der Waals surface area contributed by atoms with Crippen LogP contribution < -0.4 is 5.32 Å². The first-order valence-corrected chi connectivity index (χ1v) is 6.11. The standard InChI is InChI=1S/C14H18N2/c15-10-11-16-14-8-6-13(7-9-14)12-4-2-1-3-5-12/h6-9,12,16H,1-5,11H2. The van der Waals surface area contributed by atoms with Gasteiger partial charge in [0, 0.05) is 5.69 Å². The maximum atomic E-state index is 8.47. The second-order valence-electron chi connectivity index (χ2n) is 4.47. The summed E-state index contributed by atoms with van der Waals surface area (Å²) in [6, 6.07) is 10.7. The lowest BCUT2D eigenvalue weighted by Gasteiger charge is -2.22. The van der Waals surface area contributed by atoms with Gasteiger partial charge in [0.25, 0.3) is 0 Å². The van der Waals surface area contributed by atoms with Crippen molar-refractivity contribution in [1.82, 2.24) is 0 Å². The first-order valence-electron chi connectivity index (χ1n) is 6.11. The predicted molar refractivity (Wildman–Crippen MR) is 66.4 cm³/mol. The summed E-state index contributed by atoms with van der Waals surface area (Å²) in [5.41, 5.74) is 2.50. The summed E-state index contributed by atoms with van der Waals surface area (Å²) in [5.74, 6) is 0.763. The first kappa shape index (κ1) is 11.0. The minimum absolute atomic E-state index is 0.378. The second kappa shape index (κ2) is 5.55. The molecule has 0 spiro atoms. The van der Waals surface area contributed by atoms with E-state index in [1.54, 1.807) is 0 Å². The number of nitrogens with one attached hydrogen (secondary N) is 1. The zero-order valence-corrected chi connectivity index (χ0v) is 9.58. The Balaban J connectivity index is 1.98. The highest BCUT2D eigenvalue weighted by molar-refractivity contribution is 5.45. The van der Waals surface area contributed by atoms with Crippen molar-refractivity contribution in [3.05, 3.63) is 29.8 Å². The van der Waals surface area contributed by atoms with Crippen molar-refractivity contribution in [1.29, 1.82) is 5.26 Å². The lowest BCUT2D eigenvalue weighted by Crippen LogP contribution is -2.04. The average molecular weight is 214 g/mol. The van der Waals surface area contributed by atoms with Crippen LogP contribution in [0.1, 0.15) is 43.6 Å². The molecule has 0 amide bonds. The monoisotopic (exact) mass is 214 g/mol. The predicted octanol–water partition coefficient (Wildman–Crippen LogP) is 3.67. The summed E-state index contributed by atoms with van der Waals surface area (Å²) in [4.78, 5) is 0. The van der Waals surface area contributed by atoms with Crippen molar-refractivity contribution in [3.8, 4) is 6.07 Å². The van der Waals surface area contributed by atoms with Crippen molar-refractivity contribution >= 4 is 5.69 Å². The largest absolute Gasteiger partial charge is 0.372 e. The highest BCUT2D eigenvalue weighted by Crippen LogP contribution is 2.32. The lowest BCUT2D eigenvalue weighted by molar-refractivity contribution is 0.443. The number of benzene rings is 1. The molecule has 0 unspecified atom stereocenters. The fourth-order valence-electron chi connectivity index (χ4n) is 2.45. The molecule has 2 rings (SSSR count). The van der Waals surface area contributed by atoms with E-state index in [1.165, 1.54) is 37.7 Å². The van der Waals surface area contributed by atoms with Crippen LogP contribution in [0.5, 0.6) is 0 Å². The summed E-state index contributed by atoms with van der Waals surface area (Å²) in [6.07, 6.45) is 6.83. The molecule has 0 radical (unpaired) electrons. The van der Waals surface area contributed by atoms with Gasteiger partial charge in [-0.25, -0.2) is 0 Å². The summed E-state index contributed by atoms with van der Waals surface area (Å²) in [5, 5.41) is 11.5. The van der Waals surface area contributed by atoms with E-state index in [-0.39, 0.29) is 0 Å². The van der Waals surface area contributed by atoms with Gasteiger partial charge in [0.15, 0.2) is 0 Å². The van der Waals surface area contributed by atoms with Gasteiger partial charge in [-0.15, -0.1) is 0 Å². The maximum absolute atomic E-state index is 8.47. The van der Waals surface area contributed by atoms with Crippen molar-refractivity contribution < 1.29 is 0 Å². The van der Waals surface area contributed by atoms with E-state index < -0.39 is 0 Å². The van der Waals surface area contributed by atoms with E-state index in [0.717, 1.165) is 11.6 Å². The van der Waals surface area contributed by atoms with E-state index in [0.29, 0.717) is 6.54 Å². The summed E-state index contributed by atoms with van der Waals surface area (Å²) < 4.78 is 0. The number of nitriles is 1. The zero-order chi connectivity index (χ0) is 11.2. The van der Waals surface area contributed by atoms with Gasteiger partial charge in [-0.05, 0) is 36.5 Å². The molecule has 0 heterocycles. The summed E-state index contributed by atoms with van der Waals surface area (Å²) >= 11 is 0. The van der Waals surface area contributed by atoms with Crippen LogP contribution in [0.3, 0.4) is 0 Å². The molecule has 0 atom stereocenters. The van der Waals surface area contributed by atoms with Crippen LogP contribution in [0, 0.1) is 11.3 Å². The Morgan fingerprint density at radius 1 is 1.12 bits per heavy atom. The molecule has 2 heteroatoms. The molecule has 16 heavy (non-hydrogen) atoms. The topological polar surface area (TPSA) is 35.8 Å². The number of rotatable bonds is 3. The second-order valence-corrected chi connectivity index (χ2v) is 4.47. The van der Waals surface area contributed by atoms with Crippen molar-refractivity contribution in [2.24, 2.45) is 0 Å². The van der Waals surface area contributed by atoms with Crippen LogP contribution in [-0.4, -0.2) is 6.54 Å². The molecule has 1 aliphatic carbocycles. The van der Waals surface area contributed by atoms with E-state index in [9.17, 15) is 0 Å². The van der Waals surface area contributed by atoms with Crippen LogP contribution in [0.2, 0.25) is 0 Å². The molecule has 0 bridgehead atoms. The van der Waals surface area contributed by atoms with Crippen molar-refractivity contribution in [2.75, 3.05) is 11.9 Å². The first-order chi connectivity index (χ1) is 7.90. The molecule has 0 aromatic heterocycles. The maximum Gasteiger partial charge on any atom is 0.103 e. The number of nitrogens with zero attached hydrogens (tertiary/aromatic N) is 1. The van der Waals surface area contributed by atoms with Crippen molar-refractivity contribution in [3.63, 3.8) is 0 Å². The fraction of sp³-hybridized carbons (Fsp3) is 0.500. The van der Waals surface area contributed by atoms with E-state index in [2.05, 4.69) is 35.7 Å². The average Bonchev–Trinajstić information content (AvgIpc) is 2.38. The van der Waals surface area contributed by atoms with E-state index >= 15 is 0 Å². The van der Waals surface area contributed by atoms with E-state index in [1.807, 2.05) is 0 Å². The van der Waals surface area contributed by atoms with Gasteiger partial charge in [0.05, 0.1) is 6.07 Å². The Morgan fingerprint density at radius 2 is 1.81 bits per heavy atom.